The summed E-state index contributed by atoms with van der Waals surface area (Å²) < 4.78 is 6.39. The Labute approximate surface area is 197 Å². The molecule has 0 radical (unpaired) electrons. The van der Waals surface area contributed by atoms with Gasteiger partial charge in [-0.25, -0.2) is 0 Å². The quantitative estimate of drug-likeness (QED) is 0.278. The van der Waals surface area contributed by atoms with Crippen LogP contribution in [0.3, 0.4) is 0 Å². The minimum atomic E-state index is 0.142. The van der Waals surface area contributed by atoms with E-state index in [2.05, 4.69) is 15.6 Å². The molecule has 4 N–H and O–H groups in total. The lowest BCUT2D eigenvalue weighted by Gasteiger charge is -2.15. The number of aromatic hydroxyl groups is 1. The molecule has 1 saturated carbocycles. The molecule has 1 fully saturated rings. The fourth-order valence-corrected chi connectivity index (χ4v) is 4.52. The monoisotopic (exact) mass is 463 g/mol. The molecular weight excluding hydrogens is 438 g/mol. The molecule has 0 bridgehead atoms. The molecule has 5 rings (SSSR count). The van der Waals surface area contributed by atoms with Crippen molar-refractivity contribution in [3.05, 3.63) is 59.2 Å². The van der Waals surface area contributed by atoms with Gasteiger partial charge in [0.2, 0.25) is 11.8 Å². The van der Waals surface area contributed by atoms with E-state index in [0.717, 1.165) is 60.0 Å². The van der Waals surface area contributed by atoms with E-state index in [1.54, 1.807) is 12.1 Å². The lowest BCUT2D eigenvalue weighted by atomic mass is 10.1. The zero-order chi connectivity index (χ0) is 22.8. The number of rotatable bonds is 7. The Morgan fingerprint density at radius 1 is 1.12 bits per heavy atom. The minimum Gasteiger partial charge on any atom is -0.508 e. The Balaban J connectivity index is 1.54. The van der Waals surface area contributed by atoms with Crippen molar-refractivity contribution in [3.63, 3.8) is 0 Å². The van der Waals surface area contributed by atoms with E-state index in [4.69, 9.17) is 26.3 Å². The highest BCUT2D eigenvalue weighted by atomic mass is 35.5. The molecule has 8 heteroatoms. The van der Waals surface area contributed by atoms with Gasteiger partial charge in [-0.3, -0.25) is 0 Å². The number of hydrogen-bond acceptors (Lipinski definition) is 6. The number of nitrogens with zero attached hydrogens (tertiary/aromatic N) is 2. The molecule has 0 aliphatic heterocycles. The number of halogens is 1. The molecule has 170 valence electrons. The Kier molecular flexibility index (Phi) is 6.07. The van der Waals surface area contributed by atoms with Crippen LogP contribution in [0.15, 0.2) is 48.7 Å². The summed E-state index contributed by atoms with van der Waals surface area (Å²) in [6.45, 7) is 0.740. The third-order valence-electron chi connectivity index (χ3n) is 5.92. The van der Waals surface area contributed by atoms with E-state index >= 15 is 0 Å². The van der Waals surface area contributed by atoms with Crippen molar-refractivity contribution in [3.8, 4) is 22.8 Å². The lowest BCUT2D eigenvalue weighted by Crippen LogP contribution is -2.13. The second-order valence-electron chi connectivity index (χ2n) is 8.32. The number of anilines is 2. The van der Waals surface area contributed by atoms with Gasteiger partial charge in [-0.15, -0.1) is 0 Å². The highest BCUT2D eigenvalue weighted by molar-refractivity contribution is 6.33. The number of hydrogen-bond donors (Lipinski definition) is 4. The maximum Gasteiger partial charge on any atom is 0.232 e. The Bertz CT molecular complexity index is 1270. The number of aromatic amines is 1. The molecule has 33 heavy (non-hydrogen) atoms. The van der Waals surface area contributed by atoms with Crippen LogP contribution in [0, 0.1) is 0 Å². The first kappa shape index (κ1) is 21.6. The van der Waals surface area contributed by atoms with E-state index in [1.807, 2.05) is 43.6 Å². The smallest absolute Gasteiger partial charge is 0.232 e. The predicted molar refractivity (Wildman–Crippen MR) is 131 cm³/mol. The van der Waals surface area contributed by atoms with Gasteiger partial charge in [0.25, 0.3) is 0 Å². The molecule has 0 atom stereocenters. The van der Waals surface area contributed by atoms with Gasteiger partial charge in [-0.2, -0.15) is 9.97 Å². The van der Waals surface area contributed by atoms with Crippen LogP contribution < -0.4 is 15.4 Å². The summed E-state index contributed by atoms with van der Waals surface area (Å²) in [7, 11) is 1.90. The number of benzene rings is 2. The lowest BCUT2D eigenvalue weighted by molar-refractivity contribution is 0.204. The number of H-pyrrole nitrogens is 1. The van der Waals surface area contributed by atoms with Crippen LogP contribution in [-0.4, -0.2) is 33.2 Å². The number of phenolic OH excluding ortho intramolecular Hbond substituents is 1. The van der Waals surface area contributed by atoms with Crippen LogP contribution >= 0.6 is 11.6 Å². The summed E-state index contributed by atoms with van der Waals surface area (Å²) in [5.41, 5.74) is 4.37. The van der Waals surface area contributed by atoms with Crippen LogP contribution in [0.25, 0.3) is 22.2 Å². The van der Waals surface area contributed by atoms with Crippen molar-refractivity contribution in [2.24, 2.45) is 0 Å². The van der Waals surface area contributed by atoms with E-state index in [9.17, 15) is 5.11 Å². The largest absolute Gasteiger partial charge is 0.508 e. The molecule has 2 aromatic heterocycles. The first-order valence-electron chi connectivity index (χ1n) is 11.2. The molecular formula is C25H26ClN5O2. The first-order chi connectivity index (χ1) is 16.1. The molecule has 0 amide bonds. The highest BCUT2D eigenvalue weighted by Crippen LogP contribution is 2.37. The average Bonchev–Trinajstić information content (AvgIpc) is 3.47. The van der Waals surface area contributed by atoms with Crippen molar-refractivity contribution in [2.75, 3.05) is 12.4 Å². The van der Waals surface area contributed by atoms with E-state index < -0.39 is 0 Å². The molecule has 0 saturated heterocycles. The summed E-state index contributed by atoms with van der Waals surface area (Å²) in [4.78, 5) is 12.7. The van der Waals surface area contributed by atoms with E-state index in [1.165, 1.54) is 0 Å². The Morgan fingerprint density at radius 3 is 2.64 bits per heavy atom. The standard InChI is InChI=1S/C25H26ClN5O2/c1-27-13-15-6-11-21(20(26)12-15)29-25-30-23-22(24(31-25)33-18-4-2-3-5-18)19(14-28-23)16-7-9-17(32)10-8-16/h6-12,14,18,27,32H,2-5,13H2,1H3,(H2,28,29,30,31). The number of nitrogens with one attached hydrogen (secondary N) is 3. The minimum absolute atomic E-state index is 0.142. The summed E-state index contributed by atoms with van der Waals surface area (Å²) in [6, 6.07) is 12.9. The summed E-state index contributed by atoms with van der Waals surface area (Å²) in [6.07, 6.45) is 6.41. The highest BCUT2D eigenvalue weighted by Gasteiger charge is 2.22. The summed E-state index contributed by atoms with van der Waals surface area (Å²) in [5, 5.41) is 17.5. The van der Waals surface area contributed by atoms with Gasteiger partial charge in [0, 0.05) is 18.3 Å². The predicted octanol–water partition coefficient (Wildman–Crippen LogP) is 5.77. The molecule has 4 aromatic rings. The molecule has 7 nitrogen and oxygen atoms in total. The van der Waals surface area contributed by atoms with Gasteiger partial charge in [0.05, 0.1) is 16.1 Å². The second-order valence-corrected chi connectivity index (χ2v) is 8.73. The fraction of sp³-hybridized carbons (Fsp3) is 0.280. The number of aromatic nitrogens is 3. The van der Waals surface area contributed by atoms with Gasteiger partial charge in [-0.05, 0) is 68.1 Å². The van der Waals surface area contributed by atoms with Crippen LogP contribution in [0.4, 0.5) is 11.6 Å². The number of ether oxygens (including phenoxy) is 1. The van der Waals surface area contributed by atoms with Crippen molar-refractivity contribution >= 4 is 34.3 Å². The van der Waals surface area contributed by atoms with Crippen LogP contribution in [0.2, 0.25) is 5.02 Å². The fourth-order valence-electron chi connectivity index (χ4n) is 4.27. The van der Waals surface area contributed by atoms with Crippen molar-refractivity contribution in [1.29, 1.82) is 0 Å². The molecule has 0 spiro atoms. The van der Waals surface area contributed by atoms with Gasteiger partial charge < -0.3 is 25.5 Å². The topological polar surface area (TPSA) is 95.1 Å². The van der Waals surface area contributed by atoms with Crippen molar-refractivity contribution < 1.29 is 9.84 Å². The summed E-state index contributed by atoms with van der Waals surface area (Å²) >= 11 is 6.50. The Morgan fingerprint density at radius 2 is 1.91 bits per heavy atom. The van der Waals surface area contributed by atoms with Gasteiger partial charge in [0.1, 0.15) is 17.5 Å². The molecule has 1 aliphatic rings. The zero-order valence-corrected chi connectivity index (χ0v) is 19.1. The second kappa shape index (κ2) is 9.29. The van der Waals surface area contributed by atoms with Crippen LogP contribution in [-0.2, 0) is 6.54 Å². The summed E-state index contributed by atoms with van der Waals surface area (Å²) in [5.74, 6) is 1.18. The van der Waals surface area contributed by atoms with E-state index in [-0.39, 0.29) is 11.9 Å². The SMILES string of the molecule is CNCc1ccc(Nc2nc(OC3CCCC3)c3c(-c4ccc(O)cc4)c[nH]c3n2)c(Cl)c1. The number of fused-ring (bicyclic) bond motifs is 1. The third-order valence-corrected chi connectivity index (χ3v) is 6.23. The van der Waals surface area contributed by atoms with Crippen molar-refractivity contribution in [2.45, 2.75) is 38.3 Å². The van der Waals surface area contributed by atoms with Gasteiger partial charge in [-0.1, -0.05) is 29.8 Å². The van der Waals surface area contributed by atoms with Gasteiger partial charge in [0.15, 0.2) is 0 Å². The average molecular weight is 464 g/mol. The van der Waals surface area contributed by atoms with E-state index in [0.29, 0.717) is 22.5 Å². The first-order valence-corrected chi connectivity index (χ1v) is 11.5. The Hall–Kier alpha value is -3.29. The maximum atomic E-state index is 9.68. The third kappa shape index (κ3) is 4.60. The van der Waals surface area contributed by atoms with Crippen molar-refractivity contribution in [1.82, 2.24) is 20.3 Å². The number of phenols is 1. The molecule has 0 unspecified atom stereocenters. The van der Waals surface area contributed by atoms with Gasteiger partial charge >= 0.3 is 0 Å². The molecule has 2 aromatic carbocycles. The molecule has 2 heterocycles. The normalized spacial score (nSPS) is 14.1. The molecule has 1 aliphatic carbocycles. The zero-order valence-electron chi connectivity index (χ0n) is 18.4. The maximum absolute atomic E-state index is 9.68. The van der Waals surface area contributed by atoms with Crippen LogP contribution in [0.1, 0.15) is 31.2 Å². The van der Waals surface area contributed by atoms with Crippen LogP contribution in [0.5, 0.6) is 11.6 Å².